The van der Waals surface area contributed by atoms with Crippen LogP contribution in [0.25, 0.3) is 27.7 Å². The van der Waals surface area contributed by atoms with Gasteiger partial charge in [-0.1, -0.05) is 12.1 Å². The number of aromatic amines is 1. The van der Waals surface area contributed by atoms with Crippen LogP contribution in [0, 0.1) is 6.92 Å². The topological polar surface area (TPSA) is 66.7 Å². The average molecular weight is 290 g/mol. The monoisotopic (exact) mass is 290 g/mol. The molecule has 22 heavy (non-hydrogen) atoms. The first kappa shape index (κ1) is 12.6. The highest BCUT2D eigenvalue weighted by Crippen LogP contribution is 2.35. The lowest BCUT2D eigenvalue weighted by Gasteiger charge is -2.04. The Balaban J connectivity index is 1.96. The summed E-state index contributed by atoms with van der Waals surface area (Å²) in [6.45, 7) is 2.00. The van der Waals surface area contributed by atoms with Gasteiger partial charge in [0.25, 0.3) is 0 Å². The van der Waals surface area contributed by atoms with E-state index in [1.807, 2.05) is 37.5 Å². The smallest absolute Gasteiger partial charge is 0.205 e. The molecule has 0 bridgehead atoms. The maximum Gasteiger partial charge on any atom is 0.205 e. The number of fused-ring (bicyclic) bond motifs is 1. The van der Waals surface area contributed by atoms with Crippen molar-refractivity contribution in [3.63, 3.8) is 0 Å². The lowest BCUT2D eigenvalue weighted by Crippen LogP contribution is -1.90. The summed E-state index contributed by atoms with van der Waals surface area (Å²) >= 11 is 0. The molecule has 108 valence electrons. The third kappa shape index (κ3) is 1.87. The first-order valence-corrected chi connectivity index (χ1v) is 6.99. The van der Waals surface area contributed by atoms with Crippen LogP contribution in [-0.2, 0) is 0 Å². The summed E-state index contributed by atoms with van der Waals surface area (Å²) in [5, 5.41) is 19.1. The van der Waals surface area contributed by atoms with Crippen molar-refractivity contribution >= 4 is 10.8 Å². The molecule has 5 heteroatoms. The molecule has 3 heterocycles. The zero-order chi connectivity index (χ0) is 15.1. The van der Waals surface area contributed by atoms with E-state index >= 15 is 0 Å². The van der Waals surface area contributed by atoms with E-state index in [0.717, 1.165) is 33.3 Å². The van der Waals surface area contributed by atoms with E-state index in [2.05, 4.69) is 27.3 Å². The van der Waals surface area contributed by atoms with Gasteiger partial charge in [-0.05, 0) is 30.2 Å². The molecule has 4 rings (SSSR count). The number of hydrogen-bond acceptors (Lipinski definition) is 3. The molecule has 0 aliphatic heterocycles. The number of H-pyrrole nitrogens is 1. The highest BCUT2D eigenvalue weighted by molar-refractivity contribution is 5.94. The van der Waals surface area contributed by atoms with E-state index in [-0.39, 0.29) is 5.88 Å². The lowest BCUT2D eigenvalue weighted by molar-refractivity contribution is 0.447. The standard InChI is InChI=1S/C17H14N4O/c1-11-7-13(12-3-2-5-18-9-12)8-14-10-21(17(22)16(11)14)15-4-6-19-20-15/h2-10,22H,1H3,(H,19,20). The zero-order valence-corrected chi connectivity index (χ0v) is 12.0. The SMILES string of the molecule is Cc1cc(-c2cccnc2)cc2cn(-c3ccn[nH]3)c(O)c12. The molecule has 0 atom stereocenters. The molecule has 2 N–H and O–H groups in total. The second kappa shape index (κ2) is 4.73. The minimum atomic E-state index is 0.217. The number of hydrogen-bond donors (Lipinski definition) is 2. The number of rotatable bonds is 2. The van der Waals surface area contributed by atoms with Gasteiger partial charge in [0, 0.05) is 41.0 Å². The molecule has 4 aromatic rings. The van der Waals surface area contributed by atoms with Gasteiger partial charge in [0.2, 0.25) is 5.88 Å². The Kier molecular flexibility index (Phi) is 2.72. The molecule has 3 aromatic heterocycles. The Bertz CT molecular complexity index is 940. The summed E-state index contributed by atoms with van der Waals surface area (Å²) in [5.41, 5.74) is 3.16. The molecule has 1 aromatic carbocycles. The minimum Gasteiger partial charge on any atom is -0.494 e. The first-order chi connectivity index (χ1) is 10.7. The third-order valence-corrected chi connectivity index (χ3v) is 3.83. The molecule has 0 spiro atoms. The number of aromatic nitrogens is 4. The average Bonchev–Trinajstić information content (AvgIpc) is 3.16. The fraction of sp³-hybridized carbons (Fsp3) is 0.0588. The predicted octanol–water partition coefficient (Wildman–Crippen LogP) is 3.43. The van der Waals surface area contributed by atoms with Gasteiger partial charge in [0.05, 0.1) is 6.20 Å². The molecule has 0 amide bonds. The summed E-state index contributed by atoms with van der Waals surface area (Å²) in [5.74, 6) is 0.950. The van der Waals surface area contributed by atoms with Gasteiger partial charge in [-0.25, -0.2) is 0 Å². The van der Waals surface area contributed by atoms with Crippen molar-refractivity contribution in [2.75, 3.05) is 0 Å². The highest BCUT2D eigenvalue weighted by Gasteiger charge is 2.14. The van der Waals surface area contributed by atoms with Crippen LogP contribution in [-0.4, -0.2) is 24.9 Å². The summed E-state index contributed by atoms with van der Waals surface area (Å²) in [4.78, 5) is 4.17. The normalized spacial score (nSPS) is 11.1. The van der Waals surface area contributed by atoms with E-state index in [0.29, 0.717) is 0 Å². The molecule has 0 unspecified atom stereocenters. The molecular weight excluding hydrogens is 276 g/mol. The molecule has 0 aliphatic rings. The van der Waals surface area contributed by atoms with Gasteiger partial charge >= 0.3 is 0 Å². The number of pyridine rings is 1. The number of nitrogens with one attached hydrogen (secondary N) is 1. The third-order valence-electron chi connectivity index (χ3n) is 3.83. The predicted molar refractivity (Wildman–Crippen MR) is 85.1 cm³/mol. The van der Waals surface area contributed by atoms with Crippen molar-refractivity contribution in [3.05, 3.63) is 60.7 Å². The van der Waals surface area contributed by atoms with Crippen molar-refractivity contribution in [2.45, 2.75) is 6.92 Å². The largest absolute Gasteiger partial charge is 0.494 e. The molecule has 0 saturated heterocycles. The van der Waals surface area contributed by atoms with Crippen molar-refractivity contribution < 1.29 is 5.11 Å². The number of benzene rings is 1. The fourth-order valence-electron chi connectivity index (χ4n) is 2.81. The van der Waals surface area contributed by atoms with Gasteiger partial charge < -0.3 is 5.11 Å². The molecule has 0 saturated carbocycles. The van der Waals surface area contributed by atoms with E-state index in [4.69, 9.17) is 0 Å². The number of nitrogens with zero attached hydrogens (tertiary/aromatic N) is 3. The lowest BCUT2D eigenvalue weighted by atomic mass is 10.0. The molecule has 0 fully saturated rings. The Hall–Kier alpha value is -3.08. The maximum absolute atomic E-state index is 10.5. The maximum atomic E-state index is 10.5. The van der Waals surface area contributed by atoms with Gasteiger partial charge in [0.15, 0.2) is 0 Å². The summed E-state index contributed by atoms with van der Waals surface area (Å²) < 4.78 is 1.71. The van der Waals surface area contributed by atoms with Crippen LogP contribution in [0.2, 0.25) is 0 Å². The van der Waals surface area contributed by atoms with Crippen LogP contribution in [0.3, 0.4) is 0 Å². The molecule has 0 radical (unpaired) electrons. The van der Waals surface area contributed by atoms with Crippen molar-refractivity contribution in [1.29, 1.82) is 0 Å². The number of aryl methyl sites for hydroxylation is 1. The van der Waals surface area contributed by atoms with E-state index in [1.54, 1.807) is 17.0 Å². The Morgan fingerprint density at radius 3 is 2.77 bits per heavy atom. The number of aromatic hydroxyl groups is 1. The van der Waals surface area contributed by atoms with E-state index in [1.165, 1.54) is 0 Å². The van der Waals surface area contributed by atoms with Crippen molar-refractivity contribution in [1.82, 2.24) is 19.7 Å². The molecule has 0 aliphatic carbocycles. The van der Waals surface area contributed by atoms with Crippen LogP contribution >= 0.6 is 0 Å². The van der Waals surface area contributed by atoms with E-state index < -0.39 is 0 Å². The summed E-state index contributed by atoms with van der Waals surface area (Å²) in [7, 11) is 0. The Labute approximate surface area is 126 Å². The van der Waals surface area contributed by atoms with E-state index in [9.17, 15) is 5.11 Å². The fourth-order valence-corrected chi connectivity index (χ4v) is 2.81. The van der Waals surface area contributed by atoms with Gasteiger partial charge in [-0.15, -0.1) is 0 Å². The van der Waals surface area contributed by atoms with Gasteiger partial charge in [0.1, 0.15) is 5.82 Å². The molecule has 5 nitrogen and oxygen atoms in total. The van der Waals surface area contributed by atoms with Crippen molar-refractivity contribution in [2.24, 2.45) is 0 Å². The van der Waals surface area contributed by atoms with Gasteiger partial charge in [-0.2, -0.15) is 5.10 Å². The second-order valence-corrected chi connectivity index (χ2v) is 5.26. The first-order valence-electron chi connectivity index (χ1n) is 6.99. The van der Waals surface area contributed by atoms with Crippen LogP contribution in [0.5, 0.6) is 5.88 Å². The van der Waals surface area contributed by atoms with Gasteiger partial charge in [-0.3, -0.25) is 14.6 Å². The molecular formula is C17H14N4O. The quantitative estimate of drug-likeness (QED) is 0.594. The Morgan fingerprint density at radius 2 is 2.05 bits per heavy atom. The minimum absolute atomic E-state index is 0.217. The van der Waals surface area contributed by atoms with Crippen LogP contribution in [0.1, 0.15) is 5.56 Å². The highest BCUT2D eigenvalue weighted by atomic mass is 16.3. The Morgan fingerprint density at radius 1 is 1.14 bits per heavy atom. The van der Waals surface area contributed by atoms with Crippen LogP contribution in [0.15, 0.2) is 55.1 Å². The summed E-state index contributed by atoms with van der Waals surface area (Å²) in [6.07, 6.45) is 7.17. The van der Waals surface area contributed by atoms with Crippen LogP contribution in [0.4, 0.5) is 0 Å². The summed E-state index contributed by atoms with van der Waals surface area (Å²) in [6, 6.07) is 9.89. The zero-order valence-electron chi connectivity index (χ0n) is 12.0. The second-order valence-electron chi connectivity index (χ2n) is 5.26. The van der Waals surface area contributed by atoms with Crippen LogP contribution < -0.4 is 0 Å². The van der Waals surface area contributed by atoms with Crippen molar-refractivity contribution in [3.8, 4) is 22.8 Å².